The molecular weight excluding hydrogens is 260 g/mol. The molecule has 19 heavy (non-hydrogen) atoms. The molecule has 2 atom stereocenters. The van der Waals surface area contributed by atoms with Crippen molar-refractivity contribution < 1.29 is 5.11 Å². The topological polar surface area (TPSA) is 55.1 Å². The van der Waals surface area contributed by atoms with Crippen LogP contribution < -0.4 is 5.56 Å². The largest absolute Gasteiger partial charge is 0.394 e. The molecule has 0 fully saturated rings. The number of rotatable bonds is 2. The van der Waals surface area contributed by atoms with E-state index in [-0.39, 0.29) is 18.2 Å². The maximum atomic E-state index is 12.6. The van der Waals surface area contributed by atoms with E-state index < -0.39 is 0 Å². The van der Waals surface area contributed by atoms with E-state index in [1.165, 1.54) is 10.4 Å². The van der Waals surface area contributed by atoms with Crippen LogP contribution in [0.3, 0.4) is 0 Å². The number of hydrogen-bond donors (Lipinski definition) is 1. The van der Waals surface area contributed by atoms with Gasteiger partial charge in [0.25, 0.3) is 5.56 Å². The second-order valence-corrected chi connectivity index (χ2v) is 6.60. The second kappa shape index (κ2) is 4.72. The number of aliphatic hydroxyl groups excluding tert-OH is 1. The van der Waals surface area contributed by atoms with Crippen LogP contribution in [0.5, 0.6) is 0 Å². The molecule has 1 aliphatic carbocycles. The van der Waals surface area contributed by atoms with E-state index >= 15 is 0 Å². The zero-order chi connectivity index (χ0) is 13.6. The summed E-state index contributed by atoms with van der Waals surface area (Å²) in [6.07, 6.45) is 4.75. The van der Waals surface area contributed by atoms with Crippen molar-refractivity contribution in [1.82, 2.24) is 9.55 Å². The van der Waals surface area contributed by atoms with Crippen LogP contribution in [0, 0.1) is 5.92 Å². The minimum atomic E-state index is -0.220. The third-order valence-electron chi connectivity index (χ3n) is 3.98. The Labute approximate surface area is 115 Å². The summed E-state index contributed by atoms with van der Waals surface area (Å²) >= 11 is 1.66. The first kappa shape index (κ1) is 12.8. The van der Waals surface area contributed by atoms with Gasteiger partial charge in [-0.25, -0.2) is 4.98 Å². The van der Waals surface area contributed by atoms with Crippen molar-refractivity contribution in [3.8, 4) is 0 Å². The Balaban J connectivity index is 2.23. The number of thiophene rings is 1. The summed E-state index contributed by atoms with van der Waals surface area (Å²) in [5.74, 6) is 0.694. The van der Waals surface area contributed by atoms with Gasteiger partial charge in [0.2, 0.25) is 0 Å². The number of nitrogens with zero attached hydrogens (tertiary/aromatic N) is 2. The van der Waals surface area contributed by atoms with Crippen molar-refractivity contribution in [1.29, 1.82) is 0 Å². The molecule has 0 saturated heterocycles. The lowest BCUT2D eigenvalue weighted by molar-refractivity contribution is 0.236. The summed E-state index contributed by atoms with van der Waals surface area (Å²) in [7, 11) is 0. The molecule has 102 valence electrons. The lowest BCUT2D eigenvalue weighted by Gasteiger charge is -2.17. The molecule has 2 aromatic rings. The molecule has 3 rings (SSSR count). The van der Waals surface area contributed by atoms with Gasteiger partial charge in [-0.2, -0.15) is 0 Å². The van der Waals surface area contributed by atoms with Gasteiger partial charge in [0, 0.05) is 4.88 Å². The predicted molar refractivity (Wildman–Crippen MR) is 76.9 cm³/mol. The van der Waals surface area contributed by atoms with Gasteiger partial charge in [-0.1, -0.05) is 6.92 Å². The summed E-state index contributed by atoms with van der Waals surface area (Å²) < 4.78 is 1.55. The summed E-state index contributed by atoms with van der Waals surface area (Å²) in [6, 6.07) is -0.220. The fraction of sp³-hybridized carbons (Fsp3) is 0.571. The number of hydrogen-bond acceptors (Lipinski definition) is 4. The molecule has 0 radical (unpaired) electrons. The molecule has 5 heteroatoms. The van der Waals surface area contributed by atoms with Gasteiger partial charge >= 0.3 is 0 Å². The van der Waals surface area contributed by atoms with Gasteiger partial charge in [-0.3, -0.25) is 9.36 Å². The molecule has 0 unspecified atom stereocenters. The SMILES string of the molecule is C[C@H]1CCc2c(sc3ncn([C@H](C)CO)c(=O)c23)C1. The minimum Gasteiger partial charge on any atom is -0.394 e. The van der Waals surface area contributed by atoms with Crippen LogP contribution in [-0.4, -0.2) is 21.3 Å². The van der Waals surface area contributed by atoms with Crippen LogP contribution >= 0.6 is 11.3 Å². The highest BCUT2D eigenvalue weighted by molar-refractivity contribution is 7.18. The normalized spacial score (nSPS) is 20.5. The van der Waals surface area contributed by atoms with Crippen molar-refractivity contribution in [3.63, 3.8) is 0 Å². The highest BCUT2D eigenvalue weighted by Crippen LogP contribution is 2.35. The predicted octanol–water partition coefficient (Wildman–Crippen LogP) is 2.14. The molecule has 2 heterocycles. The Morgan fingerprint density at radius 1 is 1.63 bits per heavy atom. The second-order valence-electron chi connectivity index (χ2n) is 5.52. The van der Waals surface area contributed by atoms with Crippen molar-refractivity contribution in [2.75, 3.05) is 6.61 Å². The third kappa shape index (κ3) is 2.01. The Kier molecular flexibility index (Phi) is 3.19. The van der Waals surface area contributed by atoms with Crippen molar-refractivity contribution in [2.24, 2.45) is 5.92 Å². The number of aryl methyl sites for hydroxylation is 1. The monoisotopic (exact) mass is 278 g/mol. The Hall–Kier alpha value is -1.20. The summed E-state index contributed by atoms with van der Waals surface area (Å²) in [5.41, 5.74) is 1.20. The fourth-order valence-corrected chi connectivity index (χ4v) is 4.09. The Morgan fingerprint density at radius 2 is 2.42 bits per heavy atom. The lowest BCUT2D eigenvalue weighted by Crippen LogP contribution is -2.26. The van der Waals surface area contributed by atoms with Crippen LogP contribution in [-0.2, 0) is 12.8 Å². The van der Waals surface area contributed by atoms with Crippen LogP contribution in [0.25, 0.3) is 10.2 Å². The van der Waals surface area contributed by atoms with Crippen LogP contribution in [0.4, 0.5) is 0 Å². The van der Waals surface area contributed by atoms with Crippen molar-refractivity contribution in [3.05, 3.63) is 27.1 Å². The van der Waals surface area contributed by atoms with E-state index in [0.29, 0.717) is 5.92 Å². The first-order valence-corrected chi connectivity index (χ1v) is 7.55. The average Bonchev–Trinajstić information content (AvgIpc) is 2.76. The van der Waals surface area contributed by atoms with Crippen molar-refractivity contribution in [2.45, 2.75) is 39.2 Å². The fourth-order valence-electron chi connectivity index (χ4n) is 2.75. The van der Waals surface area contributed by atoms with Gasteiger partial charge in [0.15, 0.2) is 0 Å². The van der Waals surface area contributed by atoms with E-state index in [4.69, 9.17) is 0 Å². The first-order valence-electron chi connectivity index (χ1n) is 6.74. The number of aromatic nitrogens is 2. The van der Waals surface area contributed by atoms with Gasteiger partial charge < -0.3 is 5.11 Å². The zero-order valence-electron chi connectivity index (χ0n) is 11.2. The summed E-state index contributed by atoms with van der Waals surface area (Å²) in [4.78, 5) is 19.2. The number of aliphatic hydroxyl groups is 1. The zero-order valence-corrected chi connectivity index (χ0v) is 12.0. The lowest BCUT2D eigenvalue weighted by atomic mass is 9.89. The van der Waals surface area contributed by atoms with E-state index in [1.54, 1.807) is 22.2 Å². The molecule has 0 spiro atoms. The molecule has 0 aromatic carbocycles. The maximum Gasteiger partial charge on any atom is 0.262 e. The van der Waals surface area contributed by atoms with E-state index in [1.807, 2.05) is 6.92 Å². The minimum absolute atomic E-state index is 0.00129. The van der Waals surface area contributed by atoms with E-state index in [0.717, 1.165) is 29.5 Å². The summed E-state index contributed by atoms with van der Waals surface area (Å²) in [6.45, 7) is 4.04. The smallest absolute Gasteiger partial charge is 0.262 e. The molecule has 0 saturated carbocycles. The maximum absolute atomic E-state index is 12.6. The molecule has 2 aromatic heterocycles. The third-order valence-corrected chi connectivity index (χ3v) is 5.14. The molecule has 1 aliphatic rings. The standard InChI is InChI=1S/C14H18N2O2S/c1-8-3-4-10-11(5-8)19-13-12(10)14(18)16(7-15-13)9(2)6-17/h7-9,17H,3-6H2,1-2H3/t8-,9+/m0/s1. The van der Waals surface area contributed by atoms with E-state index in [9.17, 15) is 9.90 Å². The Morgan fingerprint density at radius 3 is 3.16 bits per heavy atom. The molecule has 4 nitrogen and oxygen atoms in total. The summed E-state index contributed by atoms with van der Waals surface area (Å²) in [5, 5.41) is 10.0. The van der Waals surface area contributed by atoms with Gasteiger partial charge in [-0.05, 0) is 37.7 Å². The van der Waals surface area contributed by atoms with Crippen LogP contribution in [0.2, 0.25) is 0 Å². The van der Waals surface area contributed by atoms with Gasteiger partial charge in [0.05, 0.1) is 24.4 Å². The highest BCUT2D eigenvalue weighted by Gasteiger charge is 2.23. The highest BCUT2D eigenvalue weighted by atomic mass is 32.1. The molecule has 0 bridgehead atoms. The van der Waals surface area contributed by atoms with Crippen LogP contribution in [0.1, 0.15) is 36.8 Å². The molecule has 0 aliphatic heterocycles. The number of fused-ring (bicyclic) bond motifs is 3. The molecule has 1 N–H and O–H groups in total. The van der Waals surface area contributed by atoms with Crippen LogP contribution in [0.15, 0.2) is 11.1 Å². The van der Waals surface area contributed by atoms with Gasteiger partial charge in [0.1, 0.15) is 4.83 Å². The molecular formula is C14H18N2O2S. The molecule has 0 amide bonds. The quantitative estimate of drug-likeness (QED) is 0.915. The first-order chi connectivity index (χ1) is 9.11. The average molecular weight is 278 g/mol. The van der Waals surface area contributed by atoms with Gasteiger partial charge in [-0.15, -0.1) is 11.3 Å². The van der Waals surface area contributed by atoms with E-state index in [2.05, 4.69) is 11.9 Å². The Bertz CT molecular complexity index is 674. The van der Waals surface area contributed by atoms with Crippen molar-refractivity contribution >= 4 is 21.6 Å².